The molecular weight excluding hydrogens is 226 g/mol. The van der Waals surface area contributed by atoms with Crippen molar-refractivity contribution in [1.29, 1.82) is 0 Å². The number of hydrogen-bond acceptors (Lipinski definition) is 4. The zero-order valence-corrected chi connectivity index (χ0v) is 11.0. The Morgan fingerprint density at radius 2 is 2.17 bits per heavy atom. The van der Waals surface area contributed by atoms with Crippen LogP contribution in [0.25, 0.3) is 0 Å². The van der Waals surface area contributed by atoms with Crippen LogP contribution in [-0.4, -0.2) is 22.2 Å². The molecule has 0 spiro atoms. The van der Waals surface area contributed by atoms with Gasteiger partial charge >= 0.3 is 0 Å². The predicted molar refractivity (Wildman–Crippen MR) is 74.3 cm³/mol. The molecule has 0 aliphatic heterocycles. The molecule has 4 N–H and O–H groups in total. The van der Waals surface area contributed by atoms with Gasteiger partial charge in [0.2, 0.25) is 0 Å². The molecule has 1 aromatic heterocycles. The van der Waals surface area contributed by atoms with Gasteiger partial charge in [0, 0.05) is 6.54 Å². The molecule has 0 atom stereocenters. The van der Waals surface area contributed by atoms with E-state index in [0.29, 0.717) is 12.4 Å². The van der Waals surface area contributed by atoms with Gasteiger partial charge in [0.15, 0.2) is 0 Å². The summed E-state index contributed by atoms with van der Waals surface area (Å²) in [6.07, 6.45) is 6.98. The van der Waals surface area contributed by atoms with Gasteiger partial charge in [-0.25, -0.2) is 4.98 Å². The number of pyridine rings is 1. The second-order valence-electron chi connectivity index (χ2n) is 5.40. The number of rotatable bonds is 4. The molecule has 4 heteroatoms. The summed E-state index contributed by atoms with van der Waals surface area (Å²) in [7, 11) is 0. The summed E-state index contributed by atoms with van der Waals surface area (Å²) < 4.78 is 0. The maximum atomic E-state index is 10.5. The average molecular weight is 249 g/mol. The van der Waals surface area contributed by atoms with Crippen molar-refractivity contribution in [3.05, 3.63) is 18.3 Å². The Morgan fingerprint density at radius 3 is 2.72 bits per heavy atom. The summed E-state index contributed by atoms with van der Waals surface area (Å²) in [5, 5.41) is 13.7. The van der Waals surface area contributed by atoms with Crippen LogP contribution in [0.2, 0.25) is 0 Å². The Morgan fingerprint density at radius 1 is 1.44 bits per heavy atom. The molecule has 1 heterocycles. The van der Waals surface area contributed by atoms with Gasteiger partial charge in [-0.05, 0) is 43.7 Å². The van der Waals surface area contributed by atoms with Crippen LogP contribution >= 0.6 is 0 Å². The van der Waals surface area contributed by atoms with Crippen LogP contribution in [0, 0.1) is 5.92 Å². The minimum absolute atomic E-state index is 0.516. The third kappa shape index (κ3) is 3.35. The lowest BCUT2D eigenvalue weighted by Gasteiger charge is -2.36. The van der Waals surface area contributed by atoms with Gasteiger partial charge in [0.05, 0.1) is 17.5 Å². The van der Waals surface area contributed by atoms with Crippen molar-refractivity contribution in [2.45, 2.75) is 44.6 Å². The first-order valence-electron chi connectivity index (χ1n) is 6.79. The van der Waals surface area contributed by atoms with E-state index in [4.69, 9.17) is 5.73 Å². The van der Waals surface area contributed by atoms with Crippen LogP contribution in [0.5, 0.6) is 0 Å². The van der Waals surface area contributed by atoms with E-state index < -0.39 is 5.60 Å². The highest BCUT2D eigenvalue weighted by Gasteiger charge is 2.32. The van der Waals surface area contributed by atoms with Crippen molar-refractivity contribution in [2.75, 3.05) is 17.6 Å². The van der Waals surface area contributed by atoms with Crippen molar-refractivity contribution in [1.82, 2.24) is 4.98 Å². The summed E-state index contributed by atoms with van der Waals surface area (Å²) in [5.74, 6) is 1.31. The van der Waals surface area contributed by atoms with Crippen LogP contribution in [0.3, 0.4) is 0 Å². The summed E-state index contributed by atoms with van der Waals surface area (Å²) in [6, 6.07) is 3.66. The Bertz CT molecular complexity index is 369. The van der Waals surface area contributed by atoms with E-state index in [1.165, 1.54) is 6.42 Å². The lowest BCUT2D eigenvalue weighted by Crippen LogP contribution is -2.40. The molecule has 4 nitrogen and oxygen atoms in total. The minimum Gasteiger partial charge on any atom is -0.388 e. The summed E-state index contributed by atoms with van der Waals surface area (Å²) in [5.41, 5.74) is 5.88. The highest BCUT2D eigenvalue weighted by atomic mass is 16.3. The normalized spacial score (nSPS) is 28.0. The first-order valence-corrected chi connectivity index (χ1v) is 6.79. The lowest BCUT2D eigenvalue weighted by molar-refractivity contribution is 0.00229. The smallest absolute Gasteiger partial charge is 0.123 e. The second kappa shape index (κ2) is 5.57. The number of nitrogens with two attached hydrogens (primary N) is 1. The van der Waals surface area contributed by atoms with Crippen molar-refractivity contribution < 1.29 is 5.11 Å². The maximum absolute atomic E-state index is 10.5. The predicted octanol–water partition coefficient (Wildman–Crippen LogP) is 2.41. The van der Waals surface area contributed by atoms with Crippen molar-refractivity contribution in [2.24, 2.45) is 5.92 Å². The maximum Gasteiger partial charge on any atom is 0.123 e. The molecular formula is C14H23N3O. The molecule has 2 rings (SSSR count). The van der Waals surface area contributed by atoms with Crippen LogP contribution in [0.4, 0.5) is 11.5 Å². The van der Waals surface area contributed by atoms with E-state index in [2.05, 4.69) is 17.2 Å². The number of hydrogen-bond donors (Lipinski definition) is 3. The van der Waals surface area contributed by atoms with Crippen LogP contribution in [0.15, 0.2) is 18.3 Å². The summed E-state index contributed by atoms with van der Waals surface area (Å²) >= 11 is 0. The topological polar surface area (TPSA) is 71.2 Å². The number of aromatic nitrogens is 1. The summed E-state index contributed by atoms with van der Waals surface area (Å²) in [6.45, 7) is 2.82. The van der Waals surface area contributed by atoms with Gasteiger partial charge in [-0.1, -0.05) is 13.3 Å². The fraction of sp³-hybridized carbons (Fsp3) is 0.643. The van der Waals surface area contributed by atoms with Crippen LogP contribution < -0.4 is 11.1 Å². The fourth-order valence-corrected chi connectivity index (χ4v) is 2.58. The summed E-state index contributed by atoms with van der Waals surface area (Å²) in [4.78, 5) is 4.02. The standard InChI is InChI=1S/C14H23N3O/c1-2-11-5-7-14(18,8-6-11)10-17-12-3-4-13(15)16-9-12/h3-4,9,11,17-18H,2,5-8,10H2,1H3,(H2,15,16). The van der Waals surface area contributed by atoms with Gasteiger partial charge in [0.25, 0.3) is 0 Å². The van der Waals surface area contributed by atoms with Gasteiger partial charge < -0.3 is 16.2 Å². The van der Waals surface area contributed by atoms with E-state index in [-0.39, 0.29) is 0 Å². The molecule has 1 saturated carbocycles. The Hall–Kier alpha value is -1.29. The van der Waals surface area contributed by atoms with Crippen LogP contribution in [0.1, 0.15) is 39.0 Å². The highest BCUT2D eigenvalue weighted by molar-refractivity contribution is 5.45. The number of aliphatic hydroxyl groups is 1. The van der Waals surface area contributed by atoms with E-state index in [9.17, 15) is 5.11 Å². The van der Waals surface area contributed by atoms with E-state index in [0.717, 1.165) is 37.3 Å². The van der Waals surface area contributed by atoms with E-state index in [1.54, 1.807) is 12.3 Å². The highest BCUT2D eigenvalue weighted by Crippen LogP contribution is 2.33. The third-order valence-corrected chi connectivity index (χ3v) is 4.02. The monoisotopic (exact) mass is 249 g/mol. The largest absolute Gasteiger partial charge is 0.388 e. The number of nitrogens with one attached hydrogen (secondary N) is 1. The molecule has 0 aromatic carbocycles. The lowest BCUT2D eigenvalue weighted by atomic mass is 9.78. The van der Waals surface area contributed by atoms with Gasteiger partial charge in [-0.15, -0.1) is 0 Å². The Balaban J connectivity index is 1.84. The van der Waals surface area contributed by atoms with Crippen molar-refractivity contribution in [3.63, 3.8) is 0 Å². The molecule has 0 saturated heterocycles. The molecule has 100 valence electrons. The number of nitrogen functional groups attached to an aromatic ring is 1. The zero-order chi connectivity index (χ0) is 13.0. The number of anilines is 2. The van der Waals surface area contributed by atoms with E-state index in [1.807, 2.05) is 6.07 Å². The Kier molecular flexibility index (Phi) is 4.07. The molecule has 18 heavy (non-hydrogen) atoms. The number of nitrogens with zero attached hydrogens (tertiary/aromatic N) is 1. The minimum atomic E-state index is -0.562. The van der Waals surface area contributed by atoms with E-state index >= 15 is 0 Å². The van der Waals surface area contributed by atoms with Gasteiger partial charge in [-0.2, -0.15) is 0 Å². The molecule has 1 fully saturated rings. The van der Waals surface area contributed by atoms with Gasteiger partial charge in [-0.3, -0.25) is 0 Å². The van der Waals surface area contributed by atoms with Crippen molar-refractivity contribution in [3.8, 4) is 0 Å². The van der Waals surface area contributed by atoms with Crippen molar-refractivity contribution >= 4 is 11.5 Å². The van der Waals surface area contributed by atoms with Crippen LogP contribution in [-0.2, 0) is 0 Å². The average Bonchev–Trinajstić information content (AvgIpc) is 2.39. The first-order chi connectivity index (χ1) is 8.61. The quantitative estimate of drug-likeness (QED) is 0.766. The molecule has 1 aromatic rings. The fourth-order valence-electron chi connectivity index (χ4n) is 2.58. The zero-order valence-electron chi connectivity index (χ0n) is 11.0. The second-order valence-corrected chi connectivity index (χ2v) is 5.40. The van der Waals surface area contributed by atoms with Gasteiger partial charge in [0.1, 0.15) is 5.82 Å². The molecule has 0 bridgehead atoms. The SMILES string of the molecule is CCC1CCC(O)(CNc2ccc(N)nc2)CC1. The molecule has 1 aliphatic rings. The third-order valence-electron chi connectivity index (χ3n) is 4.02. The molecule has 0 amide bonds. The first kappa shape index (κ1) is 13.1. The molecule has 1 aliphatic carbocycles. The Labute approximate surface area is 109 Å². The molecule has 0 radical (unpaired) electrons. The molecule has 0 unspecified atom stereocenters.